The second-order valence-corrected chi connectivity index (χ2v) is 5.53. The van der Waals surface area contributed by atoms with E-state index in [1.807, 2.05) is 29.2 Å². The van der Waals surface area contributed by atoms with Crippen LogP contribution in [0.3, 0.4) is 0 Å². The Bertz CT molecular complexity index is 553. The molecule has 0 aromatic heterocycles. The van der Waals surface area contributed by atoms with Crippen LogP contribution >= 0.6 is 11.6 Å². The molecule has 1 aromatic rings. The first-order chi connectivity index (χ1) is 10.5. The molecule has 2 rings (SSSR count). The molecular formula is C15H20ClN3O3. The Labute approximate surface area is 134 Å². The van der Waals surface area contributed by atoms with E-state index in [1.165, 1.54) is 7.05 Å². The minimum absolute atomic E-state index is 0.183. The number of halogens is 1. The molecule has 3 amide bonds. The molecule has 0 saturated carbocycles. The molecule has 1 heterocycles. The van der Waals surface area contributed by atoms with Crippen molar-refractivity contribution in [2.24, 2.45) is 0 Å². The largest absolute Gasteiger partial charge is 0.371 e. The molecular weight excluding hydrogens is 306 g/mol. The number of nitrogens with one attached hydrogen (secondary N) is 2. The first-order valence-corrected chi connectivity index (χ1v) is 7.53. The van der Waals surface area contributed by atoms with E-state index in [1.54, 1.807) is 6.92 Å². The van der Waals surface area contributed by atoms with Crippen molar-refractivity contribution in [1.82, 2.24) is 15.5 Å². The van der Waals surface area contributed by atoms with E-state index in [4.69, 9.17) is 16.3 Å². The second-order valence-electron chi connectivity index (χ2n) is 5.12. The quantitative estimate of drug-likeness (QED) is 0.884. The number of carbonyl (C=O) groups excluding carboxylic acids is 2. The number of benzene rings is 1. The number of hydrogen-bond acceptors (Lipinski definition) is 4. The van der Waals surface area contributed by atoms with Gasteiger partial charge in [-0.25, -0.2) is 4.79 Å². The molecule has 1 saturated heterocycles. The predicted octanol–water partition coefficient (Wildman–Crippen LogP) is 1.56. The normalized spacial score (nSPS) is 20.2. The Balaban J connectivity index is 2.02. The van der Waals surface area contributed by atoms with Crippen LogP contribution in [0.2, 0.25) is 5.02 Å². The molecule has 1 aliphatic heterocycles. The van der Waals surface area contributed by atoms with Gasteiger partial charge in [-0.2, -0.15) is 0 Å². The van der Waals surface area contributed by atoms with Crippen molar-refractivity contribution in [3.63, 3.8) is 0 Å². The fourth-order valence-electron chi connectivity index (χ4n) is 2.39. The van der Waals surface area contributed by atoms with Gasteiger partial charge in [-0.15, -0.1) is 0 Å². The number of hydrogen-bond donors (Lipinski definition) is 2. The zero-order valence-corrected chi connectivity index (χ0v) is 13.4. The molecule has 22 heavy (non-hydrogen) atoms. The molecule has 1 fully saturated rings. The number of rotatable bonds is 3. The van der Waals surface area contributed by atoms with E-state index in [0.717, 1.165) is 5.56 Å². The Kier molecular flexibility index (Phi) is 5.76. The maximum absolute atomic E-state index is 12.0. The lowest BCUT2D eigenvalue weighted by atomic mass is 10.1. The van der Waals surface area contributed by atoms with Crippen molar-refractivity contribution in [1.29, 1.82) is 0 Å². The highest BCUT2D eigenvalue weighted by molar-refractivity contribution is 6.31. The van der Waals surface area contributed by atoms with Crippen LogP contribution in [0.25, 0.3) is 0 Å². The third kappa shape index (κ3) is 3.97. The summed E-state index contributed by atoms with van der Waals surface area (Å²) < 4.78 is 5.77. The van der Waals surface area contributed by atoms with E-state index in [-0.39, 0.29) is 12.0 Å². The van der Waals surface area contributed by atoms with Crippen molar-refractivity contribution in [2.45, 2.75) is 19.1 Å². The van der Waals surface area contributed by atoms with E-state index in [0.29, 0.717) is 24.7 Å². The minimum atomic E-state index is -0.507. The molecule has 0 bridgehead atoms. The summed E-state index contributed by atoms with van der Waals surface area (Å²) in [6.45, 7) is 3.45. The van der Waals surface area contributed by atoms with E-state index < -0.39 is 12.1 Å². The first-order valence-electron chi connectivity index (χ1n) is 7.15. The van der Waals surface area contributed by atoms with Crippen LogP contribution < -0.4 is 10.6 Å². The highest BCUT2D eigenvalue weighted by Gasteiger charge is 2.30. The van der Waals surface area contributed by atoms with Crippen molar-refractivity contribution in [3.8, 4) is 0 Å². The Hall–Kier alpha value is -1.63. The fourth-order valence-corrected chi connectivity index (χ4v) is 2.65. The SMILES string of the molecule is CNC(=O)NC(=O)[C@@H](C)N1CCO[C@@H](c2ccccc2Cl)C1. The van der Waals surface area contributed by atoms with Crippen LogP contribution in [0.4, 0.5) is 4.79 Å². The summed E-state index contributed by atoms with van der Waals surface area (Å²) in [7, 11) is 1.47. The average molecular weight is 326 g/mol. The topological polar surface area (TPSA) is 70.7 Å². The van der Waals surface area contributed by atoms with E-state index >= 15 is 0 Å². The fraction of sp³-hybridized carbons (Fsp3) is 0.467. The number of ether oxygens (including phenoxy) is 1. The maximum Gasteiger partial charge on any atom is 0.321 e. The number of imide groups is 1. The smallest absolute Gasteiger partial charge is 0.321 e. The number of urea groups is 1. The molecule has 1 aromatic carbocycles. The van der Waals surface area contributed by atoms with Crippen LogP contribution in [0.5, 0.6) is 0 Å². The van der Waals surface area contributed by atoms with Gasteiger partial charge < -0.3 is 10.1 Å². The van der Waals surface area contributed by atoms with Crippen LogP contribution in [0.15, 0.2) is 24.3 Å². The van der Waals surface area contributed by atoms with Gasteiger partial charge in [-0.1, -0.05) is 29.8 Å². The van der Waals surface area contributed by atoms with Gasteiger partial charge in [0.05, 0.1) is 18.8 Å². The molecule has 2 atom stereocenters. The molecule has 1 aliphatic rings. The third-order valence-corrected chi connectivity index (χ3v) is 4.09. The Morgan fingerprint density at radius 2 is 2.14 bits per heavy atom. The minimum Gasteiger partial charge on any atom is -0.371 e. The maximum atomic E-state index is 12.0. The highest BCUT2D eigenvalue weighted by Crippen LogP contribution is 2.28. The average Bonchev–Trinajstić information content (AvgIpc) is 2.54. The Morgan fingerprint density at radius 1 is 1.41 bits per heavy atom. The standard InChI is InChI=1S/C15H20ClN3O3/c1-10(14(20)18-15(21)17-2)19-7-8-22-13(9-19)11-5-3-4-6-12(11)16/h3-6,10,13H,7-9H2,1-2H3,(H2,17,18,20,21)/t10-,13-/m1/s1. The lowest BCUT2D eigenvalue weighted by Gasteiger charge is -2.36. The number of carbonyl (C=O) groups is 2. The summed E-state index contributed by atoms with van der Waals surface area (Å²) >= 11 is 6.20. The monoisotopic (exact) mass is 325 g/mol. The van der Waals surface area contributed by atoms with Crippen molar-refractivity contribution < 1.29 is 14.3 Å². The summed E-state index contributed by atoms with van der Waals surface area (Å²) in [5, 5.41) is 5.31. The van der Waals surface area contributed by atoms with Gasteiger partial charge in [0.1, 0.15) is 0 Å². The van der Waals surface area contributed by atoms with Crippen molar-refractivity contribution >= 4 is 23.5 Å². The molecule has 0 aliphatic carbocycles. The highest BCUT2D eigenvalue weighted by atomic mass is 35.5. The van der Waals surface area contributed by atoms with Gasteiger partial charge in [0.15, 0.2) is 0 Å². The number of amides is 3. The molecule has 0 unspecified atom stereocenters. The van der Waals surface area contributed by atoms with Crippen LogP contribution in [-0.2, 0) is 9.53 Å². The molecule has 2 N–H and O–H groups in total. The van der Waals surface area contributed by atoms with Gasteiger partial charge in [-0.05, 0) is 13.0 Å². The lowest BCUT2D eigenvalue weighted by molar-refractivity contribution is -0.128. The van der Waals surface area contributed by atoms with Crippen LogP contribution in [0.1, 0.15) is 18.6 Å². The molecule has 7 heteroatoms. The molecule has 0 spiro atoms. The van der Waals surface area contributed by atoms with Gasteiger partial charge in [0.25, 0.3) is 0 Å². The van der Waals surface area contributed by atoms with E-state index in [2.05, 4.69) is 10.6 Å². The van der Waals surface area contributed by atoms with Crippen molar-refractivity contribution in [2.75, 3.05) is 26.7 Å². The molecule has 0 radical (unpaired) electrons. The molecule has 6 nitrogen and oxygen atoms in total. The van der Waals surface area contributed by atoms with Gasteiger partial charge in [0, 0.05) is 30.7 Å². The summed E-state index contributed by atoms with van der Waals surface area (Å²) in [6, 6.07) is 6.59. The summed E-state index contributed by atoms with van der Waals surface area (Å²) in [5.41, 5.74) is 0.910. The Morgan fingerprint density at radius 3 is 2.82 bits per heavy atom. The zero-order chi connectivity index (χ0) is 16.1. The van der Waals surface area contributed by atoms with Crippen LogP contribution in [-0.4, -0.2) is 49.6 Å². The number of nitrogens with zero attached hydrogens (tertiary/aromatic N) is 1. The lowest BCUT2D eigenvalue weighted by Crippen LogP contribution is -2.52. The van der Waals surface area contributed by atoms with Gasteiger partial charge >= 0.3 is 6.03 Å². The van der Waals surface area contributed by atoms with Crippen molar-refractivity contribution in [3.05, 3.63) is 34.9 Å². The van der Waals surface area contributed by atoms with Crippen LogP contribution in [0, 0.1) is 0 Å². The van der Waals surface area contributed by atoms with Gasteiger partial charge in [-0.3, -0.25) is 15.0 Å². The summed E-state index contributed by atoms with van der Waals surface area (Å²) in [4.78, 5) is 25.3. The third-order valence-electron chi connectivity index (χ3n) is 3.74. The summed E-state index contributed by atoms with van der Waals surface area (Å²) in [5.74, 6) is -0.334. The molecule has 120 valence electrons. The van der Waals surface area contributed by atoms with E-state index in [9.17, 15) is 9.59 Å². The summed E-state index contributed by atoms with van der Waals surface area (Å²) in [6.07, 6.45) is -0.183. The predicted molar refractivity (Wildman–Crippen MR) is 83.8 cm³/mol. The zero-order valence-electron chi connectivity index (χ0n) is 12.6. The number of morpholine rings is 1. The van der Waals surface area contributed by atoms with Gasteiger partial charge in [0.2, 0.25) is 5.91 Å². The second kappa shape index (κ2) is 7.58. The first kappa shape index (κ1) is 16.7.